The van der Waals surface area contributed by atoms with Gasteiger partial charge in [-0.25, -0.2) is 4.99 Å². The van der Waals surface area contributed by atoms with Crippen molar-refractivity contribution in [2.75, 3.05) is 28.2 Å². The Bertz CT molecular complexity index is 1220. The number of phenolic OH excluding ortho intramolecular Hbond substituents is 1. The van der Waals surface area contributed by atoms with E-state index >= 15 is 0 Å². The molecular formula is C28H35F3N6O. The number of rotatable bonds is 7. The van der Waals surface area contributed by atoms with Crippen LogP contribution in [0.1, 0.15) is 41.5 Å². The molecule has 7 nitrogen and oxygen atoms in total. The maximum Gasteiger partial charge on any atom is 0.419 e. The number of nitrogens with zero attached hydrogens (tertiary/aromatic N) is 4. The number of halogens is 3. The molecule has 204 valence electrons. The van der Waals surface area contributed by atoms with Crippen LogP contribution in [0.25, 0.3) is 0 Å². The molecule has 3 N–H and O–H groups in total. The maximum absolute atomic E-state index is 13.5. The average molecular weight is 529 g/mol. The zero-order valence-corrected chi connectivity index (χ0v) is 22.2. The van der Waals surface area contributed by atoms with Gasteiger partial charge in [-0.05, 0) is 89.1 Å². The quantitative estimate of drug-likeness (QED) is 0.166. The molecule has 4 rings (SSSR count). The summed E-state index contributed by atoms with van der Waals surface area (Å²) in [7, 11) is 7.61. The molecule has 2 aliphatic carbocycles. The largest absolute Gasteiger partial charge is 0.507 e. The minimum absolute atomic E-state index is 0.00334. The predicted molar refractivity (Wildman–Crippen MR) is 140 cm³/mol. The molecule has 1 saturated carbocycles. The van der Waals surface area contributed by atoms with E-state index in [1.54, 1.807) is 0 Å². The molecule has 1 fully saturated rings. The highest BCUT2D eigenvalue weighted by molar-refractivity contribution is 5.83. The number of hydrogen-bond acceptors (Lipinski definition) is 5. The Labute approximate surface area is 222 Å². The van der Waals surface area contributed by atoms with Crippen LogP contribution in [0.2, 0.25) is 0 Å². The molecule has 0 heterocycles. The standard InChI is InChI=1S/C28H35F3N6O/c1-36(2)27(37(3)4,17-19-9-12-24(38)23(15-19)28(29,30)31)26(13-14-26)35-25(33-18-32)34-22-11-10-20-7-5-6-8-21(20)16-22/h5-9,12,15,22,38H,10-11,13-14,16-17H2,1-4H3,(H2,33,34,35). The van der Waals surface area contributed by atoms with Crippen LogP contribution in [0.5, 0.6) is 5.75 Å². The third-order valence-corrected chi connectivity index (χ3v) is 7.98. The second kappa shape index (κ2) is 10.5. The number of benzene rings is 2. The topological polar surface area (TPSA) is 86.9 Å². The first kappa shape index (κ1) is 27.7. The number of aromatic hydroxyl groups is 1. The zero-order chi connectivity index (χ0) is 27.7. The normalized spacial score (nSPS) is 19.2. The van der Waals surface area contributed by atoms with E-state index in [9.17, 15) is 23.5 Å². The summed E-state index contributed by atoms with van der Waals surface area (Å²) in [5, 5.41) is 25.6. The van der Waals surface area contributed by atoms with Crippen LogP contribution in [0.15, 0.2) is 47.5 Å². The molecule has 2 aliphatic rings. The Balaban J connectivity index is 1.66. The predicted octanol–water partition coefficient (Wildman–Crippen LogP) is 3.88. The lowest BCUT2D eigenvalue weighted by molar-refractivity contribution is -0.138. The van der Waals surface area contributed by atoms with E-state index in [0.717, 1.165) is 44.2 Å². The molecule has 0 bridgehead atoms. The van der Waals surface area contributed by atoms with Crippen LogP contribution in [0.3, 0.4) is 0 Å². The fourth-order valence-electron chi connectivity index (χ4n) is 6.04. The first-order valence-electron chi connectivity index (χ1n) is 12.7. The Kier molecular flexibility index (Phi) is 7.64. The minimum Gasteiger partial charge on any atom is -0.507 e. The van der Waals surface area contributed by atoms with Crippen molar-refractivity contribution in [2.24, 2.45) is 4.99 Å². The van der Waals surface area contributed by atoms with Crippen LogP contribution < -0.4 is 10.6 Å². The van der Waals surface area contributed by atoms with E-state index in [1.807, 2.05) is 56.3 Å². The van der Waals surface area contributed by atoms with Gasteiger partial charge >= 0.3 is 6.18 Å². The summed E-state index contributed by atoms with van der Waals surface area (Å²) in [5.74, 6) is -0.411. The second-order valence-electron chi connectivity index (χ2n) is 10.7. The summed E-state index contributed by atoms with van der Waals surface area (Å²) in [6.45, 7) is 0. The molecule has 2 aromatic rings. The third kappa shape index (κ3) is 5.31. The van der Waals surface area contributed by atoms with Gasteiger partial charge in [-0.1, -0.05) is 30.3 Å². The van der Waals surface area contributed by atoms with Gasteiger partial charge in [0.2, 0.25) is 5.96 Å². The Morgan fingerprint density at radius 1 is 1.11 bits per heavy atom. The van der Waals surface area contributed by atoms with E-state index in [4.69, 9.17) is 4.99 Å². The highest BCUT2D eigenvalue weighted by Crippen LogP contribution is 2.50. The number of hydrogen-bond donors (Lipinski definition) is 3. The summed E-state index contributed by atoms with van der Waals surface area (Å²) >= 11 is 0. The van der Waals surface area contributed by atoms with Crippen LogP contribution >= 0.6 is 0 Å². The number of fused-ring (bicyclic) bond motifs is 1. The minimum atomic E-state index is -4.66. The maximum atomic E-state index is 13.5. The molecular weight excluding hydrogens is 493 g/mol. The van der Waals surface area contributed by atoms with Crippen molar-refractivity contribution in [3.8, 4) is 11.9 Å². The molecule has 0 amide bonds. The van der Waals surface area contributed by atoms with Crippen molar-refractivity contribution in [1.29, 1.82) is 5.26 Å². The number of likely N-dealkylation sites (N-methyl/N-ethyl adjacent to an activating group) is 2. The van der Waals surface area contributed by atoms with Crippen LogP contribution in [-0.4, -0.2) is 66.3 Å². The number of aliphatic imine (C=N–C) groups is 1. The van der Waals surface area contributed by atoms with Crippen molar-refractivity contribution >= 4 is 5.96 Å². The highest BCUT2D eigenvalue weighted by Gasteiger charge is 2.62. The van der Waals surface area contributed by atoms with Gasteiger partial charge < -0.3 is 10.4 Å². The van der Waals surface area contributed by atoms with Gasteiger partial charge in [0.15, 0.2) is 6.19 Å². The SMILES string of the molecule is CN(C)C(Cc1ccc(O)c(C(F)(F)F)c1)(N(C)C)C1(NC(=NC2CCc3ccccc3C2)NC#N)CC1. The molecule has 0 aromatic heterocycles. The van der Waals surface area contributed by atoms with Crippen LogP contribution in [-0.2, 0) is 25.4 Å². The molecule has 0 aliphatic heterocycles. The Morgan fingerprint density at radius 2 is 1.76 bits per heavy atom. The van der Waals surface area contributed by atoms with E-state index in [0.29, 0.717) is 11.5 Å². The van der Waals surface area contributed by atoms with Gasteiger partial charge in [0.25, 0.3) is 0 Å². The van der Waals surface area contributed by atoms with Crippen molar-refractivity contribution in [1.82, 2.24) is 20.4 Å². The smallest absolute Gasteiger partial charge is 0.419 e. The number of phenols is 1. The zero-order valence-electron chi connectivity index (χ0n) is 22.2. The number of guanidine groups is 1. The van der Waals surface area contributed by atoms with Crippen LogP contribution in [0.4, 0.5) is 13.2 Å². The first-order chi connectivity index (χ1) is 17.9. The molecule has 38 heavy (non-hydrogen) atoms. The summed E-state index contributed by atoms with van der Waals surface area (Å²) < 4.78 is 40.6. The van der Waals surface area contributed by atoms with E-state index in [-0.39, 0.29) is 12.5 Å². The summed E-state index contributed by atoms with van der Waals surface area (Å²) in [5.41, 5.74) is 0.641. The highest BCUT2D eigenvalue weighted by atomic mass is 19.4. The molecule has 0 radical (unpaired) electrons. The molecule has 10 heteroatoms. The fourth-order valence-corrected chi connectivity index (χ4v) is 6.04. The van der Waals surface area contributed by atoms with Crippen molar-refractivity contribution in [3.05, 3.63) is 64.7 Å². The first-order valence-corrected chi connectivity index (χ1v) is 12.7. The van der Waals surface area contributed by atoms with E-state index in [2.05, 4.69) is 22.8 Å². The average Bonchev–Trinajstić information content (AvgIpc) is 3.63. The molecule has 0 spiro atoms. The lowest BCUT2D eigenvalue weighted by Crippen LogP contribution is -2.71. The molecule has 0 saturated heterocycles. The summed E-state index contributed by atoms with van der Waals surface area (Å²) in [6, 6.07) is 12.0. The Hall–Kier alpha value is -3.29. The third-order valence-electron chi connectivity index (χ3n) is 7.98. The van der Waals surface area contributed by atoms with Crippen molar-refractivity contribution in [3.63, 3.8) is 0 Å². The Morgan fingerprint density at radius 3 is 2.34 bits per heavy atom. The number of nitrogens with one attached hydrogen (secondary N) is 2. The van der Waals surface area contributed by atoms with Gasteiger partial charge in [0.1, 0.15) is 11.4 Å². The monoisotopic (exact) mass is 528 g/mol. The number of aryl methyl sites for hydroxylation is 1. The lowest BCUT2D eigenvalue weighted by atomic mass is 9.86. The summed E-state index contributed by atoms with van der Waals surface area (Å²) in [4.78, 5) is 8.92. The van der Waals surface area contributed by atoms with Gasteiger partial charge in [-0.2, -0.15) is 18.4 Å². The van der Waals surface area contributed by atoms with Crippen molar-refractivity contribution in [2.45, 2.75) is 61.9 Å². The van der Waals surface area contributed by atoms with Gasteiger partial charge in [0.05, 0.1) is 17.1 Å². The van der Waals surface area contributed by atoms with Crippen LogP contribution in [0, 0.1) is 11.5 Å². The van der Waals surface area contributed by atoms with Gasteiger partial charge in [-0.3, -0.25) is 15.1 Å². The van der Waals surface area contributed by atoms with Gasteiger partial charge in [-0.15, -0.1) is 0 Å². The molecule has 1 unspecified atom stereocenters. The number of alkyl halides is 3. The van der Waals surface area contributed by atoms with Crippen molar-refractivity contribution < 1.29 is 18.3 Å². The summed E-state index contributed by atoms with van der Waals surface area (Å²) in [6.07, 6.45) is 1.62. The van der Waals surface area contributed by atoms with E-state index < -0.39 is 28.7 Å². The fraction of sp³-hybridized carbons (Fsp3) is 0.500. The van der Waals surface area contributed by atoms with Gasteiger partial charge in [0, 0.05) is 6.42 Å². The number of nitriles is 1. The molecule has 2 aromatic carbocycles. The molecule has 1 atom stereocenters. The lowest BCUT2D eigenvalue weighted by Gasteiger charge is -2.52. The second-order valence-corrected chi connectivity index (χ2v) is 10.7. The van der Waals surface area contributed by atoms with E-state index in [1.165, 1.54) is 17.2 Å².